The van der Waals surface area contributed by atoms with Crippen molar-refractivity contribution in [3.05, 3.63) is 66.4 Å². The zero-order chi connectivity index (χ0) is 22.1. The lowest BCUT2D eigenvalue weighted by Gasteiger charge is -2.16. The van der Waals surface area contributed by atoms with E-state index in [9.17, 15) is 0 Å². The number of hydrazone groups is 1. The van der Waals surface area contributed by atoms with Gasteiger partial charge in [-0.25, -0.2) is 4.98 Å². The van der Waals surface area contributed by atoms with E-state index in [1.807, 2.05) is 36.4 Å². The highest BCUT2D eigenvalue weighted by Crippen LogP contribution is 2.40. The second kappa shape index (κ2) is 10.9. The molecule has 0 aliphatic carbocycles. The van der Waals surface area contributed by atoms with Crippen LogP contribution in [0.15, 0.2) is 60.2 Å². The van der Waals surface area contributed by atoms with E-state index in [0.29, 0.717) is 34.2 Å². The van der Waals surface area contributed by atoms with E-state index in [1.165, 1.54) is 6.42 Å². The van der Waals surface area contributed by atoms with E-state index in [2.05, 4.69) is 30.5 Å². The summed E-state index contributed by atoms with van der Waals surface area (Å²) in [5.41, 5.74) is 3.31. The number of hydrogen-bond donors (Lipinski definition) is 1. The molecule has 0 radical (unpaired) electrons. The summed E-state index contributed by atoms with van der Waals surface area (Å²) < 4.78 is 16.2. The number of nitrogens with zero attached hydrogens (tertiary/aromatic N) is 2. The molecule has 2 aromatic carbocycles. The third-order valence-electron chi connectivity index (χ3n) is 4.27. The SMILES string of the molecule is C=C(/C(=N\N)c1ccc2ccccc2n1)c1cc(OC)c(OC)c(OC)c1.CCC. The second-order valence-electron chi connectivity index (χ2n) is 6.47. The van der Waals surface area contributed by atoms with E-state index in [0.717, 1.165) is 16.5 Å². The predicted molar refractivity (Wildman–Crippen MR) is 124 cm³/mol. The first-order valence-corrected chi connectivity index (χ1v) is 9.68. The van der Waals surface area contributed by atoms with Gasteiger partial charge in [0.15, 0.2) is 11.5 Å². The van der Waals surface area contributed by atoms with Crippen LogP contribution in [0.1, 0.15) is 31.5 Å². The summed E-state index contributed by atoms with van der Waals surface area (Å²) >= 11 is 0. The van der Waals surface area contributed by atoms with Crippen LogP contribution in [-0.4, -0.2) is 32.0 Å². The minimum Gasteiger partial charge on any atom is -0.493 e. The Labute approximate surface area is 178 Å². The Balaban J connectivity index is 0.00000101. The predicted octanol–water partition coefficient (Wildman–Crippen LogP) is 5.05. The van der Waals surface area contributed by atoms with Gasteiger partial charge in [0.2, 0.25) is 5.75 Å². The maximum absolute atomic E-state index is 5.68. The molecule has 0 atom stereocenters. The number of rotatable bonds is 6. The molecule has 0 aliphatic heterocycles. The van der Waals surface area contributed by atoms with Gasteiger partial charge < -0.3 is 20.1 Å². The average Bonchev–Trinajstić information content (AvgIpc) is 2.78. The van der Waals surface area contributed by atoms with Crippen LogP contribution in [0.4, 0.5) is 0 Å². The number of aromatic nitrogens is 1. The molecule has 0 fully saturated rings. The molecule has 158 valence electrons. The third kappa shape index (κ3) is 4.89. The van der Waals surface area contributed by atoms with Crippen molar-refractivity contribution < 1.29 is 14.2 Å². The largest absolute Gasteiger partial charge is 0.493 e. The molecule has 2 N–H and O–H groups in total. The zero-order valence-corrected chi connectivity index (χ0v) is 18.2. The number of para-hydroxylation sites is 1. The summed E-state index contributed by atoms with van der Waals surface area (Å²) in [7, 11) is 4.68. The highest BCUT2D eigenvalue weighted by Gasteiger charge is 2.18. The van der Waals surface area contributed by atoms with Crippen LogP contribution in [0.25, 0.3) is 16.5 Å². The first-order valence-electron chi connectivity index (χ1n) is 9.68. The summed E-state index contributed by atoms with van der Waals surface area (Å²) in [5, 5.41) is 4.97. The first-order chi connectivity index (χ1) is 14.5. The monoisotopic (exact) mass is 407 g/mol. The van der Waals surface area contributed by atoms with Crippen molar-refractivity contribution in [3.63, 3.8) is 0 Å². The fourth-order valence-electron chi connectivity index (χ4n) is 2.89. The molecule has 0 unspecified atom stereocenters. The Morgan fingerprint density at radius 1 is 0.967 bits per heavy atom. The Kier molecular flexibility index (Phi) is 8.23. The van der Waals surface area contributed by atoms with Crippen LogP contribution in [0.3, 0.4) is 0 Å². The molecule has 0 aliphatic rings. The fourth-order valence-corrected chi connectivity index (χ4v) is 2.89. The Bertz CT molecular complexity index is 1020. The lowest BCUT2D eigenvalue weighted by Crippen LogP contribution is -2.09. The molecule has 0 bridgehead atoms. The number of ether oxygens (including phenoxy) is 3. The molecule has 0 saturated heterocycles. The van der Waals surface area contributed by atoms with Gasteiger partial charge in [-0.2, -0.15) is 5.10 Å². The second-order valence-corrected chi connectivity index (χ2v) is 6.47. The minimum absolute atomic E-state index is 0.482. The zero-order valence-electron chi connectivity index (χ0n) is 18.2. The third-order valence-corrected chi connectivity index (χ3v) is 4.27. The van der Waals surface area contributed by atoms with E-state index in [-0.39, 0.29) is 0 Å². The van der Waals surface area contributed by atoms with Crippen LogP contribution >= 0.6 is 0 Å². The van der Waals surface area contributed by atoms with Crippen molar-refractivity contribution in [2.75, 3.05) is 21.3 Å². The van der Waals surface area contributed by atoms with Crippen molar-refractivity contribution in [2.45, 2.75) is 20.3 Å². The van der Waals surface area contributed by atoms with Gasteiger partial charge in [0.1, 0.15) is 5.71 Å². The van der Waals surface area contributed by atoms with Crippen LogP contribution in [0.2, 0.25) is 0 Å². The van der Waals surface area contributed by atoms with Crippen molar-refractivity contribution in [1.82, 2.24) is 4.98 Å². The first kappa shape index (κ1) is 22.7. The van der Waals surface area contributed by atoms with Crippen molar-refractivity contribution in [1.29, 1.82) is 0 Å². The minimum atomic E-state index is 0.482. The summed E-state index contributed by atoms with van der Waals surface area (Å²) in [6, 6.07) is 15.3. The summed E-state index contributed by atoms with van der Waals surface area (Å²) in [5.74, 6) is 7.24. The number of allylic oxidation sites excluding steroid dienone is 1. The fraction of sp³-hybridized carbons (Fsp3) is 0.250. The molecule has 6 heteroatoms. The molecule has 1 aromatic heterocycles. The van der Waals surface area contributed by atoms with Gasteiger partial charge in [-0.05, 0) is 29.8 Å². The Morgan fingerprint density at radius 2 is 1.57 bits per heavy atom. The quantitative estimate of drug-likeness (QED) is 0.351. The van der Waals surface area contributed by atoms with Gasteiger partial charge in [0.05, 0.1) is 32.5 Å². The number of fused-ring (bicyclic) bond motifs is 1. The van der Waals surface area contributed by atoms with Gasteiger partial charge in [-0.1, -0.05) is 51.1 Å². The molecule has 3 rings (SSSR count). The number of benzene rings is 2. The summed E-state index contributed by atoms with van der Waals surface area (Å²) in [4.78, 5) is 4.65. The van der Waals surface area contributed by atoms with Crippen LogP contribution in [-0.2, 0) is 0 Å². The Hall–Kier alpha value is -3.54. The van der Waals surface area contributed by atoms with Crippen molar-refractivity contribution >= 4 is 22.2 Å². The smallest absolute Gasteiger partial charge is 0.203 e. The van der Waals surface area contributed by atoms with E-state index < -0.39 is 0 Å². The molecule has 1 heterocycles. The summed E-state index contributed by atoms with van der Waals surface area (Å²) in [6.45, 7) is 8.41. The number of methoxy groups -OCH3 is 3. The maximum Gasteiger partial charge on any atom is 0.203 e. The number of nitrogens with two attached hydrogens (primary N) is 1. The summed E-state index contributed by atoms with van der Waals surface area (Å²) in [6.07, 6.45) is 1.25. The van der Waals surface area contributed by atoms with Gasteiger partial charge in [0, 0.05) is 11.0 Å². The number of pyridine rings is 1. The average molecular weight is 408 g/mol. The maximum atomic E-state index is 5.68. The molecule has 0 saturated carbocycles. The standard InChI is InChI=1S/C21H21N3O3.C3H8/c1-13(15-11-18(25-2)21(27-4)19(12-15)26-3)20(24-22)17-10-9-14-7-5-6-8-16(14)23-17;1-3-2/h5-12H,1,22H2,2-4H3;3H2,1-2H3/b24-20+;. The number of hydrogen-bond acceptors (Lipinski definition) is 6. The molecule has 30 heavy (non-hydrogen) atoms. The van der Waals surface area contributed by atoms with Crippen LogP contribution in [0, 0.1) is 0 Å². The van der Waals surface area contributed by atoms with Gasteiger partial charge >= 0.3 is 0 Å². The molecule has 0 spiro atoms. The molecule has 3 aromatic rings. The molecular weight excluding hydrogens is 378 g/mol. The molecular formula is C24H29N3O3. The van der Waals surface area contributed by atoms with E-state index in [4.69, 9.17) is 20.1 Å². The Morgan fingerprint density at radius 3 is 2.10 bits per heavy atom. The van der Waals surface area contributed by atoms with Crippen molar-refractivity contribution in [2.24, 2.45) is 10.9 Å². The van der Waals surface area contributed by atoms with Crippen molar-refractivity contribution in [3.8, 4) is 17.2 Å². The van der Waals surface area contributed by atoms with E-state index in [1.54, 1.807) is 33.5 Å². The molecule has 0 amide bonds. The highest BCUT2D eigenvalue weighted by atomic mass is 16.5. The lowest BCUT2D eigenvalue weighted by molar-refractivity contribution is 0.324. The van der Waals surface area contributed by atoms with Gasteiger partial charge in [-0.15, -0.1) is 0 Å². The normalized spacial score (nSPS) is 10.8. The van der Waals surface area contributed by atoms with Gasteiger partial charge in [0.25, 0.3) is 0 Å². The van der Waals surface area contributed by atoms with Crippen LogP contribution < -0.4 is 20.1 Å². The van der Waals surface area contributed by atoms with Crippen LogP contribution in [0.5, 0.6) is 17.2 Å². The topological polar surface area (TPSA) is 79.0 Å². The van der Waals surface area contributed by atoms with E-state index >= 15 is 0 Å². The highest BCUT2D eigenvalue weighted by molar-refractivity contribution is 6.30. The molecule has 6 nitrogen and oxygen atoms in total. The van der Waals surface area contributed by atoms with Gasteiger partial charge in [-0.3, -0.25) is 0 Å². The lowest BCUT2D eigenvalue weighted by atomic mass is 9.99.